The van der Waals surface area contributed by atoms with Gasteiger partial charge in [0.25, 0.3) is 0 Å². The molecule has 0 amide bonds. The van der Waals surface area contributed by atoms with E-state index in [0.717, 1.165) is 32.1 Å². The lowest BCUT2D eigenvalue weighted by Gasteiger charge is -2.65. The summed E-state index contributed by atoms with van der Waals surface area (Å²) in [5, 5.41) is 97.2. The predicted octanol–water partition coefficient (Wildman–Crippen LogP) is 0.724. The van der Waals surface area contributed by atoms with E-state index in [9.17, 15) is 46.0 Å². The highest BCUT2D eigenvalue weighted by Crippen LogP contribution is 2.89. The van der Waals surface area contributed by atoms with E-state index in [2.05, 4.69) is 34.6 Å². The Hall–Kier alpha value is -0.560. The molecular formula is C41H68O14. The molecule has 55 heavy (non-hydrogen) atoms. The summed E-state index contributed by atoms with van der Waals surface area (Å²) in [6.07, 6.45) is -7.48. The van der Waals surface area contributed by atoms with Crippen LogP contribution in [0.3, 0.4) is 0 Å². The minimum absolute atomic E-state index is 0.0633. The molecule has 3 heterocycles. The molecule has 9 N–H and O–H groups in total. The monoisotopic (exact) mass is 784 g/mol. The van der Waals surface area contributed by atoms with Crippen LogP contribution in [0.5, 0.6) is 0 Å². The van der Waals surface area contributed by atoms with Gasteiger partial charge in [0.15, 0.2) is 12.6 Å². The summed E-state index contributed by atoms with van der Waals surface area (Å²) < 4.78 is 31.9. The van der Waals surface area contributed by atoms with Gasteiger partial charge < -0.3 is 69.6 Å². The molecule has 8 fully saturated rings. The Labute approximate surface area is 324 Å². The highest BCUT2D eigenvalue weighted by atomic mass is 16.7. The molecule has 8 rings (SSSR count). The summed E-state index contributed by atoms with van der Waals surface area (Å²) in [6.45, 7) is 13.8. The van der Waals surface area contributed by atoms with E-state index < -0.39 is 96.8 Å². The highest BCUT2D eigenvalue weighted by molar-refractivity contribution is 5.33. The zero-order chi connectivity index (χ0) is 40.1. The van der Waals surface area contributed by atoms with E-state index in [1.54, 1.807) is 13.8 Å². The molecule has 5 saturated carbocycles. The third-order valence-corrected chi connectivity index (χ3v) is 17.6. The molecule has 5 aliphatic carbocycles. The molecule has 316 valence electrons. The van der Waals surface area contributed by atoms with Gasteiger partial charge in [-0.15, -0.1) is 0 Å². The van der Waals surface area contributed by atoms with Gasteiger partial charge in [0.2, 0.25) is 0 Å². The molecule has 3 aliphatic heterocycles. The SMILES string of the molecule is CC(C)(O)[C@@H]1CC[C@@](C)([C@H]2[C@@H](O)C[C@@]3(C)[C@H]4C[C@H](O[C@H]5O[C@@H](CO)[C@H](O)[C@H](O)[C@@H]5O)[C@@H]5C(C)(C)[C@H](O[C@@H]6OC[C@H](O)[C@H](O)[C@@H]6O)CC[C@@]56C[C@@]46CC[C@]23C)O1. The van der Waals surface area contributed by atoms with Crippen molar-refractivity contribution in [2.75, 3.05) is 13.2 Å². The average Bonchev–Trinajstić information content (AvgIpc) is 3.47. The fourth-order valence-corrected chi connectivity index (χ4v) is 14.9. The molecule has 0 radical (unpaired) electrons. The largest absolute Gasteiger partial charge is 0.394 e. The molecule has 0 aromatic heterocycles. The fraction of sp³-hybridized carbons (Fsp3) is 1.00. The van der Waals surface area contributed by atoms with Crippen molar-refractivity contribution in [3.05, 3.63) is 0 Å². The van der Waals surface area contributed by atoms with Crippen molar-refractivity contribution in [1.29, 1.82) is 0 Å². The van der Waals surface area contributed by atoms with Crippen LogP contribution >= 0.6 is 0 Å². The molecule has 2 spiro atoms. The highest BCUT2D eigenvalue weighted by Gasteiger charge is 2.85. The Kier molecular flexibility index (Phi) is 9.90. The summed E-state index contributed by atoms with van der Waals surface area (Å²) in [7, 11) is 0. The van der Waals surface area contributed by atoms with E-state index in [1.165, 1.54) is 0 Å². The van der Waals surface area contributed by atoms with Crippen molar-refractivity contribution in [2.45, 2.75) is 197 Å². The Morgan fingerprint density at radius 3 is 2.05 bits per heavy atom. The lowest BCUT2D eigenvalue weighted by Crippen LogP contribution is -2.65. The maximum absolute atomic E-state index is 12.2. The maximum atomic E-state index is 12.2. The van der Waals surface area contributed by atoms with Crippen molar-refractivity contribution in [3.8, 4) is 0 Å². The number of hydrogen-bond donors (Lipinski definition) is 9. The first-order valence-electron chi connectivity index (χ1n) is 20.9. The Bertz CT molecular complexity index is 1460. The lowest BCUT2D eigenvalue weighted by molar-refractivity contribution is -0.339. The van der Waals surface area contributed by atoms with Gasteiger partial charge in [-0.2, -0.15) is 0 Å². The van der Waals surface area contributed by atoms with Gasteiger partial charge in [0.05, 0.1) is 48.8 Å². The normalized spacial score (nSPS) is 58.7. The van der Waals surface area contributed by atoms with Crippen LogP contribution in [-0.4, -0.2) is 150 Å². The Morgan fingerprint density at radius 2 is 1.40 bits per heavy atom. The van der Waals surface area contributed by atoms with Crippen molar-refractivity contribution in [1.82, 2.24) is 0 Å². The second-order valence-corrected chi connectivity index (χ2v) is 21.1. The molecule has 14 nitrogen and oxygen atoms in total. The van der Waals surface area contributed by atoms with Crippen LogP contribution in [-0.2, 0) is 23.7 Å². The Balaban J connectivity index is 1.15. The van der Waals surface area contributed by atoms with Gasteiger partial charge in [0, 0.05) is 5.92 Å². The predicted molar refractivity (Wildman–Crippen MR) is 194 cm³/mol. The van der Waals surface area contributed by atoms with Crippen LogP contribution < -0.4 is 0 Å². The fourth-order valence-electron chi connectivity index (χ4n) is 14.9. The molecule has 0 aromatic carbocycles. The summed E-state index contributed by atoms with van der Waals surface area (Å²) in [5.41, 5.74) is -3.16. The van der Waals surface area contributed by atoms with Gasteiger partial charge >= 0.3 is 0 Å². The molecule has 0 bridgehead atoms. The van der Waals surface area contributed by atoms with Gasteiger partial charge in [0.1, 0.15) is 42.7 Å². The molecule has 8 aliphatic rings. The minimum atomic E-state index is -1.60. The number of aliphatic hydroxyl groups is 9. The van der Waals surface area contributed by atoms with Gasteiger partial charge in [-0.3, -0.25) is 0 Å². The van der Waals surface area contributed by atoms with E-state index in [-0.39, 0.29) is 52.1 Å². The zero-order valence-corrected chi connectivity index (χ0v) is 33.6. The number of fused-ring (bicyclic) bond motifs is 2. The van der Waals surface area contributed by atoms with Crippen molar-refractivity contribution in [3.63, 3.8) is 0 Å². The van der Waals surface area contributed by atoms with Crippen LogP contribution in [0.15, 0.2) is 0 Å². The lowest BCUT2D eigenvalue weighted by atomic mass is 9.41. The van der Waals surface area contributed by atoms with Crippen molar-refractivity contribution < 1.29 is 69.6 Å². The van der Waals surface area contributed by atoms with E-state index in [0.29, 0.717) is 25.7 Å². The molecule has 0 aromatic rings. The van der Waals surface area contributed by atoms with Crippen LogP contribution in [0.4, 0.5) is 0 Å². The first-order valence-corrected chi connectivity index (χ1v) is 20.9. The van der Waals surface area contributed by atoms with Crippen molar-refractivity contribution in [2.24, 2.45) is 44.8 Å². The molecule has 3 saturated heterocycles. The first kappa shape index (κ1) is 41.2. The van der Waals surface area contributed by atoms with Gasteiger partial charge in [-0.1, -0.05) is 27.7 Å². The van der Waals surface area contributed by atoms with Gasteiger partial charge in [-0.25, -0.2) is 0 Å². The first-order chi connectivity index (χ1) is 25.5. The quantitative estimate of drug-likeness (QED) is 0.162. The second-order valence-electron chi connectivity index (χ2n) is 21.1. The number of ether oxygens (including phenoxy) is 5. The van der Waals surface area contributed by atoms with Crippen LogP contribution in [0.1, 0.15) is 106 Å². The van der Waals surface area contributed by atoms with Crippen LogP contribution in [0, 0.1) is 44.8 Å². The number of aliphatic hydroxyl groups excluding tert-OH is 8. The van der Waals surface area contributed by atoms with E-state index in [1.807, 2.05) is 0 Å². The minimum Gasteiger partial charge on any atom is -0.394 e. The summed E-state index contributed by atoms with van der Waals surface area (Å²) >= 11 is 0. The summed E-state index contributed by atoms with van der Waals surface area (Å²) in [4.78, 5) is 0. The second kappa shape index (κ2) is 13.2. The maximum Gasteiger partial charge on any atom is 0.186 e. The molecule has 0 unspecified atom stereocenters. The smallest absolute Gasteiger partial charge is 0.186 e. The van der Waals surface area contributed by atoms with Gasteiger partial charge in [-0.05, 0) is 117 Å². The summed E-state index contributed by atoms with van der Waals surface area (Å²) in [5.74, 6) is -0.215. The van der Waals surface area contributed by atoms with Crippen molar-refractivity contribution >= 4 is 0 Å². The van der Waals surface area contributed by atoms with Crippen LogP contribution in [0.2, 0.25) is 0 Å². The molecule has 21 atom stereocenters. The number of hydrogen-bond acceptors (Lipinski definition) is 14. The standard InChI is InChI=1S/C41H68O14/c1-35(2)24(54-33-29(48)26(45)20(44)17-51-33)9-11-41-18-40(41)13-12-37(5)31(39(7)10-8-25(55-39)36(3,4)50)19(43)15-38(37,6)23(40)14-21(32(35)41)52-34-30(49)28(47)27(46)22(16-42)53-34/h19-34,42-50H,8-18H2,1-7H3/t19-,20-,21-,22-,23+,24+,25-,26-,27-,28-,29-,30-,31-,32+,33-,34-,37+,38-,39-,40-,41+/m0/s1. The molecule has 14 heteroatoms. The van der Waals surface area contributed by atoms with Crippen LogP contribution in [0.25, 0.3) is 0 Å². The third kappa shape index (κ3) is 5.70. The zero-order valence-electron chi connectivity index (χ0n) is 33.6. The molecular weight excluding hydrogens is 716 g/mol. The Morgan fingerprint density at radius 1 is 0.709 bits per heavy atom. The van der Waals surface area contributed by atoms with E-state index >= 15 is 0 Å². The average molecular weight is 785 g/mol. The number of rotatable bonds is 7. The third-order valence-electron chi connectivity index (χ3n) is 17.6. The summed E-state index contributed by atoms with van der Waals surface area (Å²) in [6, 6.07) is 0. The topological polar surface area (TPSA) is 228 Å². The van der Waals surface area contributed by atoms with E-state index in [4.69, 9.17) is 23.7 Å².